The fourth-order valence-electron chi connectivity index (χ4n) is 2.67. The van der Waals surface area contributed by atoms with E-state index < -0.39 is 0 Å². The zero-order chi connectivity index (χ0) is 11.9. The van der Waals surface area contributed by atoms with Crippen molar-refractivity contribution in [1.82, 2.24) is 10.7 Å². The smallest absolute Gasteiger partial charge is 0.187 e. The lowest BCUT2D eigenvalue weighted by Gasteiger charge is -2.23. The van der Waals surface area contributed by atoms with E-state index in [1.54, 1.807) is 0 Å². The van der Waals surface area contributed by atoms with Crippen LogP contribution in [0.5, 0.6) is 0 Å². The third-order valence-electron chi connectivity index (χ3n) is 3.69. The van der Waals surface area contributed by atoms with E-state index in [9.17, 15) is 0 Å². The lowest BCUT2D eigenvalue weighted by atomic mass is 9.96. The van der Waals surface area contributed by atoms with Gasteiger partial charge in [-0.05, 0) is 50.7 Å². The molecule has 0 radical (unpaired) electrons. The van der Waals surface area contributed by atoms with Gasteiger partial charge in [0.05, 0.1) is 0 Å². The molecule has 4 heteroatoms. The van der Waals surface area contributed by atoms with Crippen molar-refractivity contribution in [1.29, 1.82) is 0 Å². The van der Waals surface area contributed by atoms with Gasteiger partial charge in [0.25, 0.3) is 0 Å². The summed E-state index contributed by atoms with van der Waals surface area (Å²) < 4.78 is 0. The Bertz CT molecular complexity index is 274. The molecule has 0 atom stereocenters. The number of hydrogen-bond donors (Lipinski definition) is 2. The Hall–Kier alpha value is -0.640. The molecule has 0 aromatic carbocycles. The summed E-state index contributed by atoms with van der Waals surface area (Å²) in [6.45, 7) is 0. The van der Waals surface area contributed by atoms with Crippen molar-refractivity contribution >= 4 is 23.0 Å². The van der Waals surface area contributed by atoms with Gasteiger partial charge in [-0.1, -0.05) is 25.7 Å². The Morgan fingerprint density at radius 3 is 2.35 bits per heavy atom. The van der Waals surface area contributed by atoms with E-state index in [4.69, 9.17) is 12.2 Å². The summed E-state index contributed by atoms with van der Waals surface area (Å²) in [5, 5.41) is 8.49. The number of hydrogen-bond acceptors (Lipinski definition) is 2. The molecule has 2 aliphatic rings. The SMILES string of the molecule is S=C(NN=C1CCCCC1)NC1CCCCC1. The van der Waals surface area contributed by atoms with Crippen molar-refractivity contribution in [3.05, 3.63) is 0 Å². The first-order chi connectivity index (χ1) is 8.34. The van der Waals surface area contributed by atoms with Crippen molar-refractivity contribution in [2.24, 2.45) is 5.10 Å². The summed E-state index contributed by atoms with van der Waals surface area (Å²) in [6.07, 6.45) is 12.7. The molecule has 2 aliphatic carbocycles. The Balaban J connectivity index is 1.69. The lowest BCUT2D eigenvalue weighted by Crippen LogP contribution is -2.41. The van der Waals surface area contributed by atoms with Crippen molar-refractivity contribution in [3.8, 4) is 0 Å². The van der Waals surface area contributed by atoms with Gasteiger partial charge in [-0.3, -0.25) is 5.43 Å². The maximum Gasteiger partial charge on any atom is 0.187 e. The van der Waals surface area contributed by atoms with Gasteiger partial charge in [-0.2, -0.15) is 5.10 Å². The monoisotopic (exact) mass is 253 g/mol. The molecule has 0 aromatic heterocycles. The molecule has 2 N–H and O–H groups in total. The molecule has 0 bridgehead atoms. The molecule has 0 amide bonds. The summed E-state index contributed by atoms with van der Waals surface area (Å²) in [5.74, 6) is 0. The second-order valence-electron chi connectivity index (χ2n) is 5.16. The molecule has 3 nitrogen and oxygen atoms in total. The highest BCUT2D eigenvalue weighted by Crippen LogP contribution is 2.17. The van der Waals surface area contributed by atoms with Gasteiger partial charge in [0.2, 0.25) is 0 Å². The number of thiocarbonyl (C=S) groups is 1. The highest BCUT2D eigenvalue weighted by Gasteiger charge is 2.13. The van der Waals surface area contributed by atoms with Crippen LogP contribution in [0.3, 0.4) is 0 Å². The van der Waals surface area contributed by atoms with Gasteiger partial charge in [0.1, 0.15) is 0 Å². The van der Waals surface area contributed by atoms with Crippen LogP contribution < -0.4 is 10.7 Å². The van der Waals surface area contributed by atoms with E-state index in [1.165, 1.54) is 57.1 Å². The van der Waals surface area contributed by atoms with Crippen LogP contribution in [0.25, 0.3) is 0 Å². The Kier molecular flexibility index (Phi) is 5.23. The first kappa shape index (κ1) is 12.8. The molecule has 17 heavy (non-hydrogen) atoms. The molecular weight excluding hydrogens is 230 g/mol. The summed E-state index contributed by atoms with van der Waals surface area (Å²) >= 11 is 5.27. The van der Waals surface area contributed by atoms with Gasteiger partial charge >= 0.3 is 0 Å². The summed E-state index contributed by atoms with van der Waals surface area (Å²) in [4.78, 5) is 0. The summed E-state index contributed by atoms with van der Waals surface area (Å²) in [7, 11) is 0. The molecular formula is C13H23N3S. The van der Waals surface area contributed by atoms with Crippen molar-refractivity contribution in [3.63, 3.8) is 0 Å². The van der Waals surface area contributed by atoms with Crippen molar-refractivity contribution in [2.45, 2.75) is 70.3 Å². The topological polar surface area (TPSA) is 36.4 Å². The van der Waals surface area contributed by atoms with Crippen molar-refractivity contribution in [2.75, 3.05) is 0 Å². The van der Waals surface area contributed by atoms with Crippen LogP contribution in [0.1, 0.15) is 64.2 Å². The van der Waals surface area contributed by atoms with Crippen LogP contribution in [0.2, 0.25) is 0 Å². The van der Waals surface area contributed by atoms with E-state index >= 15 is 0 Å². The third kappa shape index (κ3) is 4.62. The van der Waals surface area contributed by atoms with Gasteiger partial charge < -0.3 is 5.32 Å². The number of rotatable bonds is 2. The molecule has 96 valence electrons. The van der Waals surface area contributed by atoms with E-state index in [1.807, 2.05) is 0 Å². The minimum absolute atomic E-state index is 0.565. The van der Waals surface area contributed by atoms with Gasteiger partial charge in [-0.15, -0.1) is 0 Å². The first-order valence-electron chi connectivity index (χ1n) is 6.96. The van der Waals surface area contributed by atoms with Gasteiger partial charge in [-0.25, -0.2) is 0 Å². The van der Waals surface area contributed by atoms with E-state index in [0.717, 1.165) is 12.8 Å². The predicted molar refractivity (Wildman–Crippen MR) is 76.3 cm³/mol. The fourth-order valence-corrected chi connectivity index (χ4v) is 2.88. The molecule has 0 heterocycles. The summed E-state index contributed by atoms with van der Waals surface area (Å²) in [5.41, 5.74) is 4.29. The molecule has 0 aliphatic heterocycles. The second kappa shape index (κ2) is 6.94. The van der Waals surface area contributed by atoms with E-state index in [2.05, 4.69) is 15.8 Å². The van der Waals surface area contributed by atoms with Crippen LogP contribution in [-0.4, -0.2) is 16.9 Å². The zero-order valence-electron chi connectivity index (χ0n) is 10.5. The van der Waals surface area contributed by atoms with Crippen molar-refractivity contribution < 1.29 is 0 Å². The molecule has 0 spiro atoms. The van der Waals surface area contributed by atoms with Crippen LogP contribution in [0, 0.1) is 0 Å². The van der Waals surface area contributed by atoms with Gasteiger partial charge in [0.15, 0.2) is 5.11 Å². The molecule has 0 aromatic rings. The second-order valence-corrected chi connectivity index (χ2v) is 5.57. The fraction of sp³-hybridized carbons (Fsp3) is 0.846. The molecule has 2 rings (SSSR count). The molecule has 0 unspecified atom stereocenters. The number of nitrogens with one attached hydrogen (secondary N) is 2. The first-order valence-corrected chi connectivity index (χ1v) is 7.37. The zero-order valence-corrected chi connectivity index (χ0v) is 11.3. The Morgan fingerprint density at radius 2 is 1.65 bits per heavy atom. The number of nitrogens with zero attached hydrogens (tertiary/aromatic N) is 1. The predicted octanol–water partition coefficient (Wildman–Crippen LogP) is 3.10. The van der Waals surface area contributed by atoms with Crippen LogP contribution >= 0.6 is 12.2 Å². The van der Waals surface area contributed by atoms with Crippen LogP contribution in [-0.2, 0) is 0 Å². The quantitative estimate of drug-likeness (QED) is 0.586. The third-order valence-corrected chi connectivity index (χ3v) is 3.90. The van der Waals surface area contributed by atoms with Crippen LogP contribution in [0.4, 0.5) is 0 Å². The lowest BCUT2D eigenvalue weighted by molar-refractivity contribution is 0.412. The molecule has 0 saturated heterocycles. The maximum absolute atomic E-state index is 5.27. The standard InChI is InChI=1S/C13H23N3S/c17-13(14-11-7-3-1-4-8-11)16-15-12-9-5-2-6-10-12/h11H,1-10H2,(H2,14,16,17). The Morgan fingerprint density at radius 1 is 1.00 bits per heavy atom. The highest BCUT2D eigenvalue weighted by molar-refractivity contribution is 7.80. The maximum atomic E-state index is 5.27. The largest absolute Gasteiger partial charge is 0.359 e. The highest BCUT2D eigenvalue weighted by atomic mass is 32.1. The molecule has 2 saturated carbocycles. The minimum Gasteiger partial charge on any atom is -0.359 e. The average molecular weight is 253 g/mol. The van der Waals surface area contributed by atoms with Crippen LogP contribution in [0.15, 0.2) is 5.10 Å². The van der Waals surface area contributed by atoms with Gasteiger partial charge in [0, 0.05) is 11.8 Å². The van der Waals surface area contributed by atoms with E-state index in [0.29, 0.717) is 11.2 Å². The normalized spacial score (nSPS) is 22.0. The minimum atomic E-state index is 0.565. The number of hydrazone groups is 1. The average Bonchev–Trinajstić information content (AvgIpc) is 2.39. The Labute approximate surface area is 109 Å². The summed E-state index contributed by atoms with van der Waals surface area (Å²) in [6, 6.07) is 0.565. The van der Waals surface area contributed by atoms with E-state index in [-0.39, 0.29) is 0 Å². The molecule has 2 fully saturated rings.